The molecule has 0 saturated carbocycles. The van der Waals surface area contributed by atoms with Crippen molar-refractivity contribution in [2.24, 2.45) is 0 Å². The predicted octanol–water partition coefficient (Wildman–Crippen LogP) is 0.202. The molecule has 0 unspecified atom stereocenters. The Morgan fingerprint density at radius 2 is 2.10 bits per heavy atom. The molecule has 0 saturated heterocycles. The maximum Gasteiger partial charge on any atom is 0.283 e. The monoisotopic (exact) mass is 311 g/mol. The molecular formula is C11H17N7O2S. The van der Waals surface area contributed by atoms with Crippen LogP contribution in [-0.2, 0) is 16.6 Å². The van der Waals surface area contributed by atoms with Crippen LogP contribution in [0.15, 0.2) is 17.4 Å². The van der Waals surface area contributed by atoms with Gasteiger partial charge >= 0.3 is 0 Å². The van der Waals surface area contributed by atoms with Crippen molar-refractivity contribution in [2.45, 2.75) is 38.4 Å². The van der Waals surface area contributed by atoms with Crippen LogP contribution in [0.3, 0.4) is 0 Å². The van der Waals surface area contributed by atoms with Gasteiger partial charge in [0.15, 0.2) is 0 Å². The Labute approximate surface area is 122 Å². The standard InChI is InChI=1S/C11H17N7O2S/c1-7(2)13-6-9-8(3)15-16-10(9)21(19,20)18-11-12-4-5-14-17-11/h4-5,7,13H,6H2,1-3H3,(H,15,16)(H,12,17,18). The van der Waals surface area contributed by atoms with Crippen LogP contribution in [0, 0.1) is 6.92 Å². The Balaban J connectivity index is 2.28. The summed E-state index contributed by atoms with van der Waals surface area (Å²) in [7, 11) is -3.87. The minimum Gasteiger partial charge on any atom is -0.310 e. The van der Waals surface area contributed by atoms with Crippen molar-refractivity contribution in [1.82, 2.24) is 30.7 Å². The summed E-state index contributed by atoms with van der Waals surface area (Å²) in [5, 5.41) is 16.8. The maximum absolute atomic E-state index is 12.4. The lowest BCUT2D eigenvalue weighted by Crippen LogP contribution is -2.24. The third-order valence-electron chi connectivity index (χ3n) is 2.69. The lowest BCUT2D eigenvalue weighted by Gasteiger charge is -2.09. The Morgan fingerprint density at radius 1 is 1.33 bits per heavy atom. The SMILES string of the molecule is Cc1[nH]nc(S(=O)(=O)Nc2nccnn2)c1CNC(C)C. The Hall–Kier alpha value is -2.07. The first-order chi connectivity index (χ1) is 9.90. The number of hydrogen-bond acceptors (Lipinski definition) is 7. The second-order valence-electron chi connectivity index (χ2n) is 4.74. The quantitative estimate of drug-likeness (QED) is 0.695. The maximum atomic E-state index is 12.4. The number of nitrogens with one attached hydrogen (secondary N) is 3. The van der Waals surface area contributed by atoms with E-state index in [9.17, 15) is 8.42 Å². The van der Waals surface area contributed by atoms with Crippen LogP contribution < -0.4 is 10.0 Å². The molecular weight excluding hydrogens is 294 g/mol. The average Bonchev–Trinajstić information content (AvgIpc) is 2.79. The van der Waals surface area contributed by atoms with Crippen molar-refractivity contribution in [3.63, 3.8) is 0 Å². The van der Waals surface area contributed by atoms with Crippen LogP contribution in [0.1, 0.15) is 25.1 Å². The van der Waals surface area contributed by atoms with Gasteiger partial charge in [0.2, 0.25) is 5.03 Å². The van der Waals surface area contributed by atoms with Gasteiger partial charge in [0, 0.05) is 23.8 Å². The predicted molar refractivity (Wildman–Crippen MR) is 75.9 cm³/mol. The second kappa shape index (κ2) is 6.14. The Bertz CT molecular complexity index is 697. The molecule has 0 bridgehead atoms. The van der Waals surface area contributed by atoms with Crippen LogP contribution in [0.5, 0.6) is 0 Å². The molecule has 2 aromatic rings. The number of aromatic amines is 1. The molecule has 114 valence electrons. The largest absolute Gasteiger partial charge is 0.310 e. The summed E-state index contributed by atoms with van der Waals surface area (Å²) in [5.74, 6) is -0.0964. The zero-order chi connectivity index (χ0) is 15.5. The molecule has 0 aliphatic heterocycles. The molecule has 0 aliphatic carbocycles. The van der Waals surface area contributed by atoms with Gasteiger partial charge in [-0.05, 0) is 6.92 Å². The van der Waals surface area contributed by atoms with Crippen molar-refractivity contribution < 1.29 is 8.42 Å². The van der Waals surface area contributed by atoms with Gasteiger partial charge in [-0.3, -0.25) is 5.10 Å². The lowest BCUT2D eigenvalue weighted by atomic mass is 10.2. The number of hydrogen-bond donors (Lipinski definition) is 3. The highest BCUT2D eigenvalue weighted by molar-refractivity contribution is 7.92. The van der Waals surface area contributed by atoms with E-state index in [1.165, 1.54) is 12.4 Å². The minimum absolute atomic E-state index is 0.0689. The molecule has 0 fully saturated rings. The lowest BCUT2D eigenvalue weighted by molar-refractivity contribution is 0.573. The first-order valence-electron chi connectivity index (χ1n) is 6.34. The third-order valence-corrected chi connectivity index (χ3v) is 3.98. The van der Waals surface area contributed by atoms with E-state index >= 15 is 0 Å². The summed E-state index contributed by atoms with van der Waals surface area (Å²) in [5.41, 5.74) is 1.27. The van der Waals surface area contributed by atoms with Crippen molar-refractivity contribution in [3.05, 3.63) is 23.7 Å². The second-order valence-corrected chi connectivity index (χ2v) is 6.34. The molecule has 2 heterocycles. The summed E-state index contributed by atoms with van der Waals surface area (Å²) in [6.45, 7) is 6.12. The number of anilines is 1. The molecule has 0 spiro atoms. The van der Waals surface area contributed by atoms with Gasteiger partial charge < -0.3 is 5.32 Å². The minimum atomic E-state index is -3.87. The van der Waals surface area contributed by atoms with Crippen molar-refractivity contribution in [2.75, 3.05) is 4.72 Å². The van der Waals surface area contributed by atoms with E-state index < -0.39 is 10.0 Å². The molecule has 2 aromatic heterocycles. The highest BCUT2D eigenvalue weighted by atomic mass is 32.2. The molecule has 10 heteroatoms. The average molecular weight is 311 g/mol. The van der Waals surface area contributed by atoms with Crippen molar-refractivity contribution in [1.29, 1.82) is 0 Å². The normalized spacial score (nSPS) is 11.8. The van der Waals surface area contributed by atoms with E-state index in [1.54, 1.807) is 6.92 Å². The molecule has 21 heavy (non-hydrogen) atoms. The van der Waals surface area contributed by atoms with E-state index in [4.69, 9.17) is 0 Å². The fraction of sp³-hybridized carbons (Fsp3) is 0.455. The number of H-pyrrole nitrogens is 1. The summed E-state index contributed by atoms with van der Waals surface area (Å²) in [6, 6.07) is 0.226. The number of aryl methyl sites for hydroxylation is 1. The van der Waals surface area contributed by atoms with Gasteiger partial charge in [0.1, 0.15) is 0 Å². The van der Waals surface area contributed by atoms with Crippen LogP contribution >= 0.6 is 0 Å². The fourth-order valence-electron chi connectivity index (χ4n) is 1.63. The first kappa shape index (κ1) is 15.3. The third kappa shape index (κ3) is 3.73. The molecule has 0 aliphatic rings. The van der Waals surface area contributed by atoms with E-state index in [0.29, 0.717) is 17.8 Å². The van der Waals surface area contributed by atoms with Gasteiger partial charge in [0.05, 0.1) is 12.4 Å². The number of rotatable bonds is 6. The number of aromatic nitrogens is 5. The fourth-order valence-corrected chi connectivity index (χ4v) is 2.78. The zero-order valence-corrected chi connectivity index (χ0v) is 12.8. The van der Waals surface area contributed by atoms with E-state index in [1.807, 2.05) is 13.8 Å². The first-order valence-corrected chi connectivity index (χ1v) is 7.82. The Morgan fingerprint density at radius 3 is 2.71 bits per heavy atom. The van der Waals surface area contributed by atoms with Crippen LogP contribution in [0.4, 0.5) is 5.95 Å². The number of nitrogens with zero attached hydrogens (tertiary/aromatic N) is 4. The molecule has 2 rings (SSSR count). The van der Waals surface area contributed by atoms with Crippen molar-refractivity contribution in [3.8, 4) is 0 Å². The summed E-state index contributed by atoms with van der Waals surface area (Å²) in [6.07, 6.45) is 2.70. The van der Waals surface area contributed by atoms with E-state index in [2.05, 4.69) is 35.4 Å². The van der Waals surface area contributed by atoms with Crippen LogP contribution in [0.25, 0.3) is 0 Å². The molecule has 0 radical (unpaired) electrons. The topological polar surface area (TPSA) is 126 Å². The highest BCUT2D eigenvalue weighted by Crippen LogP contribution is 2.18. The van der Waals surface area contributed by atoms with Gasteiger partial charge in [0.25, 0.3) is 16.0 Å². The highest BCUT2D eigenvalue weighted by Gasteiger charge is 2.24. The van der Waals surface area contributed by atoms with E-state index in [0.717, 1.165) is 0 Å². The molecule has 0 amide bonds. The van der Waals surface area contributed by atoms with Gasteiger partial charge in [-0.1, -0.05) is 13.8 Å². The van der Waals surface area contributed by atoms with Gasteiger partial charge in [-0.15, -0.1) is 5.10 Å². The zero-order valence-electron chi connectivity index (χ0n) is 12.0. The van der Waals surface area contributed by atoms with Crippen LogP contribution in [-0.4, -0.2) is 39.8 Å². The summed E-state index contributed by atoms with van der Waals surface area (Å²) in [4.78, 5) is 3.78. The van der Waals surface area contributed by atoms with Crippen molar-refractivity contribution >= 4 is 16.0 Å². The van der Waals surface area contributed by atoms with E-state index in [-0.39, 0.29) is 17.0 Å². The number of sulfonamides is 1. The molecule has 0 atom stereocenters. The summed E-state index contributed by atoms with van der Waals surface area (Å²) < 4.78 is 27.0. The molecule has 9 nitrogen and oxygen atoms in total. The Kier molecular flexibility index (Phi) is 4.48. The smallest absolute Gasteiger partial charge is 0.283 e. The molecule has 0 aromatic carbocycles. The van der Waals surface area contributed by atoms with Gasteiger partial charge in [-0.25, -0.2) is 9.71 Å². The van der Waals surface area contributed by atoms with Gasteiger partial charge in [-0.2, -0.15) is 18.6 Å². The van der Waals surface area contributed by atoms with Crippen LogP contribution in [0.2, 0.25) is 0 Å². The molecule has 3 N–H and O–H groups in total. The summed E-state index contributed by atoms with van der Waals surface area (Å²) >= 11 is 0.